The lowest BCUT2D eigenvalue weighted by Crippen LogP contribution is -2.47. The van der Waals surface area contributed by atoms with Gasteiger partial charge in [0.25, 0.3) is 0 Å². The van der Waals surface area contributed by atoms with Crippen LogP contribution in [0.15, 0.2) is 36.4 Å². The van der Waals surface area contributed by atoms with E-state index in [4.69, 9.17) is 23.2 Å². The number of nitrogens with one attached hydrogen (secondary N) is 1. The summed E-state index contributed by atoms with van der Waals surface area (Å²) in [5.41, 5.74) is 3.92. The monoisotopic (exact) mass is 406 g/mol. The molecular formula is C21H24Cl2N2O2. The molecule has 0 aliphatic carbocycles. The van der Waals surface area contributed by atoms with E-state index >= 15 is 0 Å². The van der Waals surface area contributed by atoms with Crippen LogP contribution in [-0.2, 0) is 22.6 Å². The number of nitrogens with zero attached hydrogens (tertiary/aromatic N) is 1. The number of benzene rings is 2. The Morgan fingerprint density at radius 2 is 1.78 bits per heavy atom. The van der Waals surface area contributed by atoms with Gasteiger partial charge < -0.3 is 10.2 Å². The molecular weight excluding hydrogens is 383 g/mol. The van der Waals surface area contributed by atoms with Crippen LogP contribution in [0.1, 0.15) is 29.2 Å². The molecule has 0 unspecified atom stereocenters. The van der Waals surface area contributed by atoms with Crippen LogP contribution in [0.2, 0.25) is 10.0 Å². The molecule has 0 aliphatic rings. The van der Waals surface area contributed by atoms with Gasteiger partial charge >= 0.3 is 0 Å². The van der Waals surface area contributed by atoms with Gasteiger partial charge in [0.05, 0.1) is 16.5 Å². The van der Waals surface area contributed by atoms with Crippen molar-refractivity contribution in [3.8, 4) is 0 Å². The molecule has 0 aliphatic heterocycles. The second kappa shape index (κ2) is 9.25. The zero-order valence-corrected chi connectivity index (χ0v) is 17.5. The van der Waals surface area contributed by atoms with Crippen LogP contribution in [0.4, 0.5) is 0 Å². The summed E-state index contributed by atoms with van der Waals surface area (Å²) in [6, 6.07) is 10.6. The highest BCUT2D eigenvalue weighted by Gasteiger charge is 2.26. The Bertz CT molecular complexity index is 852. The number of likely N-dealkylation sites (N-methyl/N-ethyl adjacent to an activating group) is 1. The van der Waals surface area contributed by atoms with E-state index in [0.717, 1.165) is 22.3 Å². The molecule has 0 bridgehead atoms. The van der Waals surface area contributed by atoms with Gasteiger partial charge in [-0.1, -0.05) is 53.0 Å². The maximum absolute atomic E-state index is 13.1. The average Bonchev–Trinajstić information content (AvgIpc) is 2.64. The summed E-state index contributed by atoms with van der Waals surface area (Å²) in [6.45, 7) is 5.97. The highest BCUT2D eigenvalue weighted by molar-refractivity contribution is 6.42. The zero-order chi connectivity index (χ0) is 20.1. The standard InChI is InChI=1S/C21H24Cl2N2O2/c1-13-5-6-14(2)17(9-13)11-20(26)25(15(3)21(27)24-4)12-16-7-8-18(22)19(23)10-16/h5-10,15H,11-12H2,1-4H3,(H,24,27)/t15-/m0/s1. The maximum atomic E-state index is 13.1. The molecule has 0 aromatic heterocycles. The zero-order valence-electron chi connectivity index (χ0n) is 16.0. The number of rotatable bonds is 6. The van der Waals surface area contributed by atoms with E-state index in [0.29, 0.717) is 10.0 Å². The van der Waals surface area contributed by atoms with Gasteiger partial charge in [-0.15, -0.1) is 0 Å². The van der Waals surface area contributed by atoms with E-state index in [1.54, 1.807) is 31.0 Å². The van der Waals surface area contributed by atoms with Gasteiger partial charge in [-0.2, -0.15) is 0 Å². The van der Waals surface area contributed by atoms with Gasteiger partial charge in [0, 0.05) is 13.6 Å². The fourth-order valence-electron chi connectivity index (χ4n) is 2.88. The Balaban J connectivity index is 2.30. The van der Waals surface area contributed by atoms with Crippen molar-refractivity contribution in [1.29, 1.82) is 0 Å². The first-order valence-electron chi connectivity index (χ1n) is 8.74. The molecule has 0 spiro atoms. The van der Waals surface area contributed by atoms with Gasteiger partial charge in [-0.05, 0) is 49.6 Å². The molecule has 4 nitrogen and oxygen atoms in total. The van der Waals surface area contributed by atoms with E-state index in [1.165, 1.54) is 0 Å². The van der Waals surface area contributed by atoms with Crippen LogP contribution in [0.25, 0.3) is 0 Å². The van der Waals surface area contributed by atoms with E-state index in [2.05, 4.69) is 5.32 Å². The summed E-state index contributed by atoms with van der Waals surface area (Å²) in [6.07, 6.45) is 0.232. The van der Waals surface area contributed by atoms with E-state index in [9.17, 15) is 9.59 Å². The molecule has 0 radical (unpaired) electrons. The predicted octanol–water partition coefficient (Wildman–Crippen LogP) is 4.32. The lowest BCUT2D eigenvalue weighted by atomic mass is 10.0. The Morgan fingerprint density at radius 3 is 2.41 bits per heavy atom. The minimum atomic E-state index is -0.609. The number of aryl methyl sites for hydroxylation is 2. The number of halogens is 2. The first-order valence-corrected chi connectivity index (χ1v) is 9.49. The maximum Gasteiger partial charge on any atom is 0.242 e. The van der Waals surface area contributed by atoms with Crippen molar-refractivity contribution in [3.63, 3.8) is 0 Å². The van der Waals surface area contributed by atoms with Crippen molar-refractivity contribution in [3.05, 3.63) is 68.7 Å². The van der Waals surface area contributed by atoms with E-state index in [1.807, 2.05) is 38.1 Å². The van der Waals surface area contributed by atoms with Gasteiger partial charge in [0.1, 0.15) is 6.04 Å². The quantitative estimate of drug-likeness (QED) is 0.776. The number of hydrogen-bond acceptors (Lipinski definition) is 2. The van der Waals surface area contributed by atoms with Crippen LogP contribution in [0.5, 0.6) is 0 Å². The Labute approximate surface area is 170 Å². The minimum Gasteiger partial charge on any atom is -0.357 e. The highest BCUT2D eigenvalue weighted by Crippen LogP contribution is 2.24. The number of amides is 2. The molecule has 6 heteroatoms. The van der Waals surface area contributed by atoms with Crippen LogP contribution in [0, 0.1) is 13.8 Å². The third kappa shape index (κ3) is 5.47. The number of hydrogen-bond donors (Lipinski definition) is 1. The van der Waals surface area contributed by atoms with Crippen LogP contribution in [0.3, 0.4) is 0 Å². The summed E-state index contributed by atoms with van der Waals surface area (Å²) in [7, 11) is 1.56. The summed E-state index contributed by atoms with van der Waals surface area (Å²) in [5.74, 6) is -0.338. The molecule has 2 aromatic carbocycles. The van der Waals surface area contributed by atoms with Crippen LogP contribution >= 0.6 is 23.2 Å². The molecule has 1 N–H and O–H groups in total. The van der Waals surface area contributed by atoms with Crippen molar-refractivity contribution < 1.29 is 9.59 Å². The van der Waals surface area contributed by atoms with E-state index < -0.39 is 6.04 Å². The van der Waals surface area contributed by atoms with Crippen molar-refractivity contribution in [2.45, 2.75) is 39.8 Å². The third-order valence-electron chi connectivity index (χ3n) is 4.60. The first-order chi connectivity index (χ1) is 12.7. The minimum absolute atomic E-state index is 0.120. The summed E-state index contributed by atoms with van der Waals surface area (Å²) >= 11 is 12.1. The summed E-state index contributed by atoms with van der Waals surface area (Å²) in [4.78, 5) is 26.8. The molecule has 2 amide bonds. The first kappa shape index (κ1) is 21.3. The molecule has 1 atom stereocenters. The van der Waals surface area contributed by atoms with Crippen molar-refractivity contribution in [2.75, 3.05) is 7.05 Å². The average molecular weight is 407 g/mol. The second-order valence-electron chi connectivity index (χ2n) is 6.67. The van der Waals surface area contributed by atoms with Gasteiger partial charge in [0.2, 0.25) is 11.8 Å². The molecule has 2 aromatic rings. The van der Waals surface area contributed by atoms with Crippen LogP contribution in [-0.4, -0.2) is 29.8 Å². The smallest absolute Gasteiger partial charge is 0.242 e. The Hall–Kier alpha value is -2.04. The third-order valence-corrected chi connectivity index (χ3v) is 5.34. The SMILES string of the molecule is CNC(=O)[C@H](C)N(Cc1ccc(Cl)c(Cl)c1)C(=O)Cc1cc(C)ccc1C. The Morgan fingerprint density at radius 1 is 1.07 bits per heavy atom. The lowest BCUT2D eigenvalue weighted by molar-refractivity contribution is -0.139. The summed E-state index contributed by atoms with van der Waals surface area (Å²) in [5, 5.41) is 3.48. The highest BCUT2D eigenvalue weighted by atomic mass is 35.5. The summed E-state index contributed by atoms with van der Waals surface area (Å²) < 4.78 is 0. The molecule has 2 rings (SSSR count). The fourth-order valence-corrected chi connectivity index (χ4v) is 3.20. The van der Waals surface area contributed by atoms with Crippen molar-refractivity contribution in [1.82, 2.24) is 10.2 Å². The molecule has 0 saturated carbocycles. The molecule has 0 heterocycles. The predicted molar refractivity (Wildman–Crippen MR) is 110 cm³/mol. The van der Waals surface area contributed by atoms with Gasteiger partial charge in [0.15, 0.2) is 0 Å². The largest absolute Gasteiger partial charge is 0.357 e. The van der Waals surface area contributed by atoms with Crippen molar-refractivity contribution in [2.24, 2.45) is 0 Å². The molecule has 27 heavy (non-hydrogen) atoms. The topological polar surface area (TPSA) is 49.4 Å². The van der Waals surface area contributed by atoms with Crippen molar-refractivity contribution >= 4 is 35.0 Å². The lowest BCUT2D eigenvalue weighted by Gasteiger charge is -2.29. The van der Waals surface area contributed by atoms with Gasteiger partial charge in [-0.3, -0.25) is 9.59 Å². The molecule has 0 saturated heterocycles. The van der Waals surface area contributed by atoms with E-state index in [-0.39, 0.29) is 24.8 Å². The van der Waals surface area contributed by atoms with Crippen LogP contribution < -0.4 is 5.32 Å². The number of carbonyl (C=O) groups is 2. The Kier molecular flexibility index (Phi) is 7.28. The normalized spacial score (nSPS) is 11.8. The number of carbonyl (C=O) groups excluding carboxylic acids is 2. The van der Waals surface area contributed by atoms with Gasteiger partial charge in [-0.25, -0.2) is 0 Å². The second-order valence-corrected chi connectivity index (χ2v) is 7.48. The molecule has 0 fully saturated rings. The fraction of sp³-hybridized carbons (Fsp3) is 0.333. The molecule has 144 valence electrons.